The van der Waals surface area contributed by atoms with E-state index in [9.17, 15) is 9.59 Å². The SMILES string of the molecule is CNCCCCN(C)C(=O)CCc1c(C)[nH]c(/C=C2\C(=O)Nc3ccccc32)c1C. The molecular formula is C24H32N4O2. The molecule has 0 radical (unpaired) electrons. The lowest BCUT2D eigenvalue weighted by atomic mass is 10.0. The monoisotopic (exact) mass is 408 g/mol. The number of unbranched alkanes of at least 4 members (excludes halogenated alkanes) is 1. The first-order valence-electron chi connectivity index (χ1n) is 10.6. The largest absolute Gasteiger partial charge is 0.359 e. The Labute approximate surface area is 178 Å². The molecule has 0 spiro atoms. The Bertz CT molecular complexity index is 958. The summed E-state index contributed by atoms with van der Waals surface area (Å²) in [6, 6.07) is 7.72. The van der Waals surface area contributed by atoms with Crippen LogP contribution in [0.25, 0.3) is 11.6 Å². The van der Waals surface area contributed by atoms with E-state index in [4.69, 9.17) is 0 Å². The van der Waals surface area contributed by atoms with Crippen molar-refractivity contribution < 1.29 is 9.59 Å². The molecule has 1 aromatic carbocycles. The van der Waals surface area contributed by atoms with E-state index in [1.54, 1.807) is 0 Å². The highest BCUT2D eigenvalue weighted by molar-refractivity contribution is 6.34. The third kappa shape index (κ3) is 4.82. The molecule has 160 valence electrons. The molecule has 0 atom stereocenters. The molecule has 1 aromatic heterocycles. The van der Waals surface area contributed by atoms with Crippen LogP contribution in [-0.2, 0) is 16.0 Å². The highest BCUT2D eigenvalue weighted by atomic mass is 16.2. The summed E-state index contributed by atoms with van der Waals surface area (Å²) in [5, 5.41) is 6.04. The summed E-state index contributed by atoms with van der Waals surface area (Å²) in [5.74, 6) is 0.0861. The zero-order valence-corrected chi connectivity index (χ0v) is 18.4. The Balaban J connectivity index is 1.68. The van der Waals surface area contributed by atoms with Gasteiger partial charge in [-0.25, -0.2) is 0 Å². The van der Waals surface area contributed by atoms with Crippen LogP contribution in [0.4, 0.5) is 5.69 Å². The number of fused-ring (bicyclic) bond motifs is 1. The van der Waals surface area contributed by atoms with Gasteiger partial charge in [0.15, 0.2) is 0 Å². The molecule has 2 aromatic rings. The van der Waals surface area contributed by atoms with E-state index in [-0.39, 0.29) is 11.8 Å². The molecule has 2 heterocycles. The topological polar surface area (TPSA) is 77.2 Å². The van der Waals surface area contributed by atoms with Gasteiger partial charge in [0.05, 0.1) is 5.57 Å². The third-order valence-corrected chi connectivity index (χ3v) is 5.82. The molecule has 0 aliphatic carbocycles. The Kier molecular flexibility index (Phi) is 7.11. The van der Waals surface area contributed by atoms with E-state index in [2.05, 4.69) is 22.5 Å². The highest BCUT2D eigenvalue weighted by Crippen LogP contribution is 2.33. The Morgan fingerprint density at radius 1 is 1.20 bits per heavy atom. The maximum atomic E-state index is 12.5. The van der Waals surface area contributed by atoms with Crippen molar-refractivity contribution in [3.63, 3.8) is 0 Å². The van der Waals surface area contributed by atoms with E-state index in [1.165, 1.54) is 0 Å². The summed E-state index contributed by atoms with van der Waals surface area (Å²) in [6.45, 7) is 5.84. The molecule has 1 aliphatic heterocycles. The quantitative estimate of drug-likeness (QED) is 0.439. The van der Waals surface area contributed by atoms with Crippen LogP contribution in [0.1, 0.15) is 47.3 Å². The normalized spacial score (nSPS) is 14.1. The van der Waals surface area contributed by atoms with Gasteiger partial charge >= 0.3 is 0 Å². The second-order valence-corrected chi connectivity index (χ2v) is 7.95. The molecule has 30 heavy (non-hydrogen) atoms. The zero-order valence-electron chi connectivity index (χ0n) is 18.4. The number of carbonyl (C=O) groups is 2. The first kappa shape index (κ1) is 21.8. The van der Waals surface area contributed by atoms with Crippen molar-refractivity contribution in [1.82, 2.24) is 15.2 Å². The summed E-state index contributed by atoms with van der Waals surface area (Å²) in [6.07, 6.45) is 5.18. The van der Waals surface area contributed by atoms with Gasteiger partial charge in [-0.2, -0.15) is 0 Å². The number of aryl methyl sites for hydroxylation is 1. The first-order chi connectivity index (χ1) is 14.4. The molecule has 3 rings (SSSR count). The molecule has 3 N–H and O–H groups in total. The van der Waals surface area contributed by atoms with E-state index in [1.807, 2.05) is 56.3 Å². The number of para-hydroxylation sites is 1. The Morgan fingerprint density at radius 3 is 2.73 bits per heavy atom. The fourth-order valence-electron chi connectivity index (χ4n) is 3.96. The minimum atomic E-state index is -0.0838. The number of anilines is 1. The lowest BCUT2D eigenvalue weighted by Gasteiger charge is -2.17. The number of nitrogens with one attached hydrogen (secondary N) is 3. The summed E-state index contributed by atoms with van der Waals surface area (Å²) in [7, 11) is 3.82. The van der Waals surface area contributed by atoms with Crippen LogP contribution in [0.3, 0.4) is 0 Å². The molecule has 2 amide bonds. The Morgan fingerprint density at radius 2 is 1.97 bits per heavy atom. The summed E-state index contributed by atoms with van der Waals surface area (Å²) < 4.78 is 0. The van der Waals surface area contributed by atoms with Crippen LogP contribution in [0.15, 0.2) is 24.3 Å². The van der Waals surface area contributed by atoms with Gasteiger partial charge in [-0.3, -0.25) is 9.59 Å². The van der Waals surface area contributed by atoms with Crippen molar-refractivity contribution >= 4 is 29.2 Å². The van der Waals surface area contributed by atoms with Crippen molar-refractivity contribution in [2.24, 2.45) is 0 Å². The van der Waals surface area contributed by atoms with Crippen LogP contribution in [0.2, 0.25) is 0 Å². The standard InChI is InChI=1S/C24H32N4O2/c1-16-18(11-12-23(29)28(4)14-8-7-13-25-3)17(2)26-22(16)15-20-19-9-5-6-10-21(19)27-24(20)30/h5-6,9-10,15,25-26H,7-8,11-14H2,1-4H3,(H,27,30)/b20-15-. The zero-order chi connectivity index (χ0) is 21.7. The minimum Gasteiger partial charge on any atom is -0.359 e. The number of amides is 2. The molecule has 6 nitrogen and oxygen atoms in total. The van der Waals surface area contributed by atoms with Crippen LogP contribution in [0.5, 0.6) is 0 Å². The van der Waals surface area contributed by atoms with Gasteiger partial charge in [0.25, 0.3) is 5.91 Å². The number of aromatic nitrogens is 1. The van der Waals surface area contributed by atoms with Gasteiger partial charge in [-0.05, 0) is 70.0 Å². The number of hydrogen-bond donors (Lipinski definition) is 3. The molecular weight excluding hydrogens is 376 g/mol. The molecule has 0 unspecified atom stereocenters. The number of benzene rings is 1. The smallest absolute Gasteiger partial charge is 0.256 e. The van der Waals surface area contributed by atoms with Crippen LogP contribution < -0.4 is 10.6 Å². The summed E-state index contributed by atoms with van der Waals surface area (Å²) in [4.78, 5) is 30.1. The maximum Gasteiger partial charge on any atom is 0.256 e. The van der Waals surface area contributed by atoms with E-state index in [0.717, 1.165) is 59.7 Å². The fraction of sp³-hybridized carbons (Fsp3) is 0.417. The van der Waals surface area contributed by atoms with Crippen molar-refractivity contribution in [3.8, 4) is 0 Å². The fourth-order valence-corrected chi connectivity index (χ4v) is 3.96. The average molecular weight is 409 g/mol. The number of nitrogens with zero attached hydrogens (tertiary/aromatic N) is 1. The highest BCUT2D eigenvalue weighted by Gasteiger charge is 2.24. The number of hydrogen-bond acceptors (Lipinski definition) is 3. The summed E-state index contributed by atoms with van der Waals surface area (Å²) >= 11 is 0. The van der Waals surface area contributed by atoms with Crippen molar-refractivity contribution in [1.29, 1.82) is 0 Å². The lowest BCUT2D eigenvalue weighted by Crippen LogP contribution is -2.28. The van der Waals surface area contributed by atoms with Crippen molar-refractivity contribution in [3.05, 3.63) is 52.3 Å². The predicted molar refractivity (Wildman–Crippen MR) is 122 cm³/mol. The molecule has 0 fully saturated rings. The van der Waals surface area contributed by atoms with Gasteiger partial charge in [0, 0.05) is 42.7 Å². The van der Waals surface area contributed by atoms with Crippen molar-refractivity contribution in [2.75, 3.05) is 32.5 Å². The predicted octanol–water partition coefficient (Wildman–Crippen LogP) is 3.51. The van der Waals surface area contributed by atoms with Gasteiger partial charge in [-0.1, -0.05) is 18.2 Å². The maximum absolute atomic E-state index is 12.5. The molecule has 6 heteroatoms. The van der Waals surface area contributed by atoms with Gasteiger partial charge < -0.3 is 20.5 Å². The van der Waals surface area contributed by atoms with Gasteiger partial charge in [0.2, 0.25) is 5.91 Å². The van der Waals surface area contributed by atoms with Crippen LogP contribution in [0, 0.1) is 13.8 Å². The number of carbonyl (C=O) groups excluding carboxylic acids is 2. The minimum absolute atomic E-state index is 0.0838. The summed E-state index contributed by atoms with van der Waals surface area (Å²) in [5.41, 5.74) is 6.67. The van der Waals surface area contributed by atoms with E-state index < -0.39 is 0 Å². The van der Waals surface area contributed by atoms with E-state index >= 15 is 0 Å². The first-order valence-corrected chi connectivity index (χ1v) is 10.6. The number of H-pyrrole nitrogens is 1. The van der Waals surface area contributed by atoms with E-state index in [0.29, 0.717) is 18.4 Å². The van der Waals surface area contributed by atoms with Crippen molar-refractivity contribution in [2.45, 2.75) is 39.5 Å². The Hall–Kier alpha value is -2.86. The molecule has 0 saturated carbocycles. The molecule has 1 aliphatic rings. The lowest BCUT2D eigenvalue weighted by molar-refractivity contribution is -0.129. The van der Waals surface area contributed by atoms with Gasteiger partial charge in [-0.15, -0.1) is 0 Å². The number of rotatable bonds is 9. The second-order valence-electron chi connectivity index (χ2n) is 7.95. The molecule has 0 bridgehead atoms. The average Bonchev–Trinajstić information content (AvgIpc) is 3.19. The molecule has 0 saturated heterocycles. The number of aromatic amines is 1. The van der Waals surface area contributed by atoms with Crippen LogP contribution in [-0.4, -0.2) is 48.9 Å². The second kappa shape index (κ2) is 9.76. The van der Waals surface area contributed by atoms with Crippen LogP contribution >= 0.6 is 0 Å². The third-order valence-electron chi connectivity index (χ3n) is 5.82. The van der Waals surface area contributed by atoms with Gasteiger partial charge in [0.1, 0.15) is 0 Å².